The number of aryl methyl sites for hydroxylation is 1. The summed E-state index contributed by atoms with van der Waals surface area (Å²) in [4.78, 5) is 4.44. The molecule has 2 rings (SSSR count). The summed E-state index contributed by atoms with van der Waals surface area (Å²) in [6.45, 7) is 4.90. The number of thiazole rings is 1. The third kappa shape index (κ3) is 3.86. The van der Waals surface area contributed by atoms with E-state index in [0.29, 0.717) is 15.1 Å². The zero-order chi connectivity index (χ0) is 14.7. The van der Waals surface area contributed by atoms with Gasteiger partial charge in [0.2, 0.25) is 0 Å². The van der Waals surface area contributed by atoms with Crippen LogP contribution in [0.3, 0.4) is 0 Å². The third-order valence-electron chi connectivity index (χ3n) is 2.99. The van der Waals surface area contributed by atoms with Crippen molar-refractivity contribution in [2.45, 2.75) is 26.3 Å². The zero-order valence-electron chi connectivity index (χ0n) is 11.2. The van der Waals surface area contributed by atoms with E-state index >= 15 is 0 Å². The van der Waals surface area contributed by atoms with Crippen molar-refractivity contribution in [3.63, 3.8) is 0 Å². The lowest BCUT2D eigenvalue weighted by atomic mass is 10.1. The number of hydrogen-bond donors (Lipinski definition) is 1. The molecule has 1 aromatic heterocycles. The lowest BCUT2D eigenvalue weighted by Gasteiger charge is -2.16. The van der Waals surface area contributed by atoms with Gasteiger partial charge in [0.25, 0.3) is 0 Å². The van der Waals surface area contributed by atoms with E-state index in [1.807, 2.05) is 13.0 Å². The smallest absolute Gasteiger partial charge is 0.0940 e. The average molecular weight is 350 g/mol. The molecule has 0 amide bonds. The SMILES string of the molecule is Cc1csc(CCNC(C)c2ccc(Cl)c(Cl)c2Cl)n1. The standard InChI is InChI=1S/C14H15Cl3N2S/c1-8-7-20-12(19-8)5-6-18-9(2)10-3-4-11(15)14(17)13(10)16/h3-4,7,9,18H,5-6H2,1-2H3. The second-order valence-corrected chi connectivity index (χ2v) is 6.68. The van der Waals surface area contributed by atoms with E-state index in [4.69, 9.17) is 34.8 Å². The van der Waals surface area contributed by atoms with E-state index < -0.39 is 0 Å². The van der Waals surface area contributed by atoms with Crippen LogP contribution in [0.15, 0.2) is 17.5 Å². The van der Waals surface area contributed by atoms with Crippen LogP contribution in [0.4, 0.5) is 0 Å². The molecular formula is C14H15Cl3N2S. The van der Waals surface area contributed by atoms with E-state index in [2.05, 4.69) is 22.6 Å². The Hall–Kier alpha value is -0.320. The Kier molecular flexibility index (Phi) is 5.70. The molecule has 0 aliphatic rings. The maximum Gasteiger partial charge on any atom is 0.0940 e. The Morgan fingerprint density at radius 2 is 2.00 bits per heavy atom. The lowest BCUT2D eigenvalue weighted by molar-refractivity contribution is 0.576. The Morgan fingerprint density at radius 1 is 1.25 bits per heavy atom. The molecule has 108 valence electrons. The van der Waals surface area contributed by atoms with E-state index in [1.54, 1.807) is 17.4 Å². The first-order valence-corrected chi connectivity index (χ1v) is 8.28. The highest BCUT2D eigenvalue weighted by Crippen LogP contribution is 2.35. The molecule has 0 radical (unpaired) electrons. The molecule has 0 aliphatic heterocycles. The number of nitrogens with zero attached hydrogens (tertiary/aromatic N) is 1. The first-order valence-electron chi connectivity index (χ1n) is 6.27. The molecule has 1 heterocycles. The van der Waals surface area contributed by atoms with Crippen LogP contribution in [0, 0.1) is 6.92 Å². The summed E-state index contributed by atoms with van der Waals surface area (Å²) in [5.74, 6) is 0. The van der Waals surface area contributed by atoms with Crippen molar-refractivity contribution in [1.29, 1.82) is 0 Å². The predicted molar refractivity (Wildman–Crippen MR) is 88.4 cm³/mol. The summed E-state index contributed by atoms with van der Waals surface area (Å²) >= 11 is 19.9. The van der Waals surface area contributed by atoms with Crippen LogP contribution in [-0.2, 0) is 6.42 Å². The van der Waals surface area contributed by atoms with E-state index in [9.17, 15) is 0 Å². The van der Waals surface area contributed by atoms with E-state index in [1.165, 1.54) is 0 Å². The minimum atomic E-state index is 0.110. The minimum Gasteiger partial charge on any atom is -0.310 e. The molecule has 0 bridgehead atoms. The summed E-state index contributed by atoms with van der Waals surface area (Å²) in [6, 6.07) is 3.79. The van der Waals surface area contributed by atoms with Crippen LogP contribution in [0.2, 0.25) is 15.1 Å². The summed E-state index contributed by atoms with van der Waals surface area (Å²) in [6.07, 6.45) is 0.905. The summed E-state index contributed by atoms with van der Waals surface area (Å²) in [5.41, 5.74) is 2.03. The van der Waals surface area contributed by atoms with Gasteiger partial charge >= 0.3 is 0 Å². The second kappa shape index (κ2) is 7.10. The first kappa shape index (κ1) is 16.1. The van der Waals surface area contributed by atoms with Crippen molar-refractivity contribution in [3.05, 3.63) is 48.8 Å². The van der Waals surface area contributed by atoms with Gasteiger partial charge in [-0.3, -0.25) is 0 Å². The zero-order valence-corrected chi connectivity index (χ0v) is 14.3. The minimum absolute atomic E-state index is 0.110. The van der Waals surface area contributed by atoms with Gasteiger partial charge < -0.3 is 5.32 Å². The maximum absolute atomic E-state index is 6.23. The normalized spacial score (nSPS) is 12.7. The first-order chi connectivity index (χ1) is 9.49. The number of rotatable bonds is 5. The van der Waals surface area contributed by atoms with E-state index in [-0.39, 0.29) is 6.04 Å². The lowest BCUT2D eigenvalue weighted by Crippen LogP contribution is -2.21. The fourth-order valence-corrected chi connectivity index (χ4v) is 3.38. The predicted octanol–water partition coefficient (Wildman–Crippen LogP) is 5.31. The number of halogens is 3. The van der Waals surface area contributed by atoms with Gasteiger partial charge in [0.15, 0.2) is 0 Å². The molecular weight excluding hydrogens is 335 g/mol. The van der Waals surface area contributed by atoms with Gasteiger partial charge in [-0.1, -0.05) is 40.9 Å². The number of benzene rings is 1. The fourth-order valence-electron chi connectivity index (χ4n) is 1.90. The van der Waals surface area contributed by atoms with Crippen LogP contribution < -0.4 is 5.32 Å². The summed E-state index contributed by atoms with van der Waals surface area (Å²) < 4.78 is 0. The number of aromatic nitrogens is 1. The molecule has 1 aromatic carbocycles. The van der Waals surface area contributed by atoms with Gasteiger partial charge in [-0.05, 0) is 25.5 Å². The van der Waals surface area contributed by atoms with Crippen molar-refractivity contribution in [3.8, 4) is 0 Å². The highest BCUT2D eigenvalue weighted by molar-refractivity contribution is 7.09. The van der Waals surface area contributed by atoms with Gasteiger partial charge in [0, 0.05) is 30.1 Å². The largest absolute Gasteiger partial charge is 0.310 e. The molecule has 1 N–H and O–H groups in total. The molecule has 1 unspecified atom stereocenters. The van der Waals surface area contributed by atoms with Crippen molar-refractivity contribution < 1.29 is 0 Å². The number of nitrogens with one attached hydrogen (secondary N) is 1. The summed E-state index contributed by atoms with van der Waals surface area (Å²) in [5, 5.41) is 8.04. The van der Waals surface area contributed by atoms with Gasteiger partial charge in [-0.2, -0.15) is 0 Å². The van der Waals surface area contributed by atoms with Crippen molar-refractivity contribution >= 4 is 46.1 Å². The van der Waals surface area contributed by atoms with Crippen LogP contribution in [-0.4, -0.2) is 11.5 Å². The van der Waals surface area contributed by atoms with Crippen LogP contribution in [0.25, 0.3) is 0 Å². The quantitative estimate of drug-likeness (QED) is 0.740. The van der Waals surface area contributed by atoms with Crippen molar-refractivity contribution in [2.75, 3.05) is 6.54 Å². The molecule has 1 atom stereocenters. The van der Waals surface area contributed by atoms with Gasteiger partial charge in [0.1, 0.15) is 0 Å². The Balaban J connectivity index is 1.95. The maximum atomic E-state index is 6.23. The number of hydrogen-bond acceptors (Lipinski definition) is 3. The Bertz CT molecular complexity index is 598. The molecule has 0 spiro atoms. The molecule has 2 nitrogen and oxygen atoms in total. The van der Waals surface area contributed by atoms with Gasteiger partial charge in [-0.15, -0.1) is 11.3 Å². The second-order valence-electron chi connectivity index (χ2n) is 4.57. The molecule has 6 heteroatoms. The van der Waals surface area contributed by atoms with Crippen LogP contribution in [0.5, 0.6) is 0 Å². The van der Waals surface area contributed by atoms with Crippen molar-refractivity contribution in [1.82, 2.24) is 10.3 Å². The fraction of sp³-hybridized carbons (Fsp3) is 0.357. The Labute approximate surface area is 138 Å². The molecule has 0 saturated heterocycles. The van der Waals surface area contributed by atoms with Gasteiger partial charge in [0.05, 0.1) is 20.1 Å². The molecule has 0 saturated carbocycles. The van der Waals surface area contributed by atoms with Crippen LogP contribution >= 0.6 is 46.1 Å². The summed E-state index contributed by atoms with van der Waals surface area (Å²) in [7, 11) is 0. The van der Waals surface area contributed by atoms with Crippen molar-refractivity contribution in [2.24, 2.45) is 0 Å². The molecule has 2 aromatic rings. The monoisotopic (exact) mass is 348 g/mol. The topological polar surface area (TPSA) is 24.9 Å². The molecule has 20 heavy (non-hydrogen) atoms. The average Bonchev–Trinajstić information content (AvgIpc) is 2.82. The van der Waals surface area contributed by atoms with Crippen LogP contribution in [0.1, 0.15) is 29.2 Å². The highest BCUT2D eigenvalue weighted by Gasteiger charge is 2.14. The molecule has 0 fully saturated rings. The van der Waals surface area contributed by atoms with Gasteiger partial charge in [-0.25, -0.2) is 4.98 Å². The Morgan fingerprint density at radius 3 is 2.65 bits per heavy atom. The highest BCUT2D eigenvalue weighted by atomic mass is 35.5. The van der Waals surface area contributed by atoms with E-state index in [0.717, 1.165) is 29.2 Å². The molecule has 0 aliphatic carbocycles. The third-order valence-corrected chi connectivity index (χ3v) is 5.32.